The SMILES string of the molecule is CC(CNC(=O)OC1CC(c2cc(NC(=O)C3CCCO3)[nH]n2)C1)c1ccccc1. The van der Waals surface area contributed by atoms with Gasteiger partial charge in [0.25, 0.3) is 5.91 Å². The first kappa shape index (κ1) is 20.4. The van der Waals surface area contributed by atoms with E-state index in [1.165, 1.54) is 5.56 Å². The number of ether oxygens (including phenoxy) is 2. The maximum Gasteiger partial charge on any atom is 0.407 e. The highest BCUT2D eigenvalue weighted by Crippen LogP contribution is 2.38. The molecule has 2 amide bonds. The fourth-order valence-electron chi connectivity index (χ4n) is 3.84. The van der Waals surface area contributed by atoms with E-state index in [1.54, 1.807) is 0 Å². The van der Waals surface area contributed by atoms with Gasteiger partial charge in [-0.15, -0.1) is 0 Å². The Morgan fingerprint density at radius 2 is 2.10 bits per heavy atom. The van der Waals surface area contributed by atoms with Crippen LogP contribution in [0.15, 0.2) is 36.4 Å². The van der Waals surface area contributed by atoms with E-state index in [1.807, 2.05) is 24.3 Å². The van der Waals surface area contributed by atoms with E-state index < -0.39 is 0 Å². The molecule has 1 saturated heterocycles. The summed E-state index contributed by atoms with van der Waals surface area (Å²) in [6.07, 6.45) is 2.25. The number of anilines is 1. The van der Waals surface area contributed by atoms with Gasteiger partial charge in [-0.25, -0.2) is 4.79 Å². The molecule has 1 saturated carbocycles. The third kappa shape index (κ3) is 4.99. The van der Waals surface area contributed by atoms with Crippen molar-refractivity contribution in [2.24, 2.45) is 0 Å². The minimum Gasteiger partial charge on any atom is -0.446 e. The number of alkyl carbamates (subject to hydrolysis) is 1. The first-order valence-corrected chi connectivity index (χ1v) is 10.6. The van der Waals surface area contributed by atoms with Gasteiger partial charge in [0.05, 0.1) is 5.69 Å². The standard InChI is InChI=1S/C22H28N4O4/c1-14(15-6-3-2-4-7-15)13-23-22(28)30-17-10-16(11-17)18-12-20(26-25-18)24-21(27)19-8-5-9-29-19/h2-4,6-7,12,14,16-17,19H,5,8-11,13H2,1H3,(H,23,28)(H2,24,25,26,27). The van der Waals surface area contributed by atoms with E-state index in [0.717, 1.165) is 31.4 Å². The molecule has 1 aromatic carbocycles. The molecule has 2 atom stereocenters. The van der Waals surface area contributed by atoms with Gasteiger partial charge in [-0.2, -0.15) is 5.10 Å². The van der Waals surface area contributed by atoms with Gasteiger partial charge in [0.15, 0.2) is 0 Å². The van der Waals surface area contributed by atoms with Gasteiger partial charge in [-0.1, -0.05) is 37.3 Å². The van der Waals surface area contributed by atoms with E-state index in [9.17, 15) is 9.59 Å². The number of aromatic nitrogens is 2. The lowest BCUT2D eigenvalue weighted by Crippen LogP contribution is -2.37. The van der Waals surface area contributed by atoms with Crippen molar-refractivity contribution in [2.45, 2.75) is 56.7 Å². The first-order valence-electron chi connectivity index (χ1n) is 10.6. The molecule has 2 unspecified atom stereocenters. The Morgan fingerprint density at radius 3 is 2.83 bits per heavy atom. The summed E-state index contributed by atoms with van der Waals surface area (Å²) in [4.78, 5) is 24.2. The normalized spacial score (nSPS) is 24.0. The molecule has 4 rings (SSSR count). The number of carbonyl (C=O) groups excluding carboxylic acids is 2. The molecule has 1 aliphatic carbocycles. The molecule has 2 fully saturated rings. The van der Waals surface area contributed by atoms with Crippen LogP contribution < -0.4 is 10.6 Å². The van der Waals surface area contributed by atoms with Crippen LogP contribution in [-0.2, 0) is 14.3 Å². The second kappa shape index (κ2) is 9.30. The van der Waals surface area contributed by atoms with Crippen molar-refractivity contribution in [2.75, 3.05) is 18.5 Å². The van der Waals surface area contributed by atoms with Crippen LogP contribution in [0.2, 0.25) is 0 Å². The van der Waals surface area contributed by atoms with E-state index >= 15 is 0 Å². The molecule has 2 aliphatic rings. The van der Waals surface area contributed by atoms with Crippen molar-refractivity contribution in [1.82, 2.24) is 15.5 Å². The monoisotopic (exact) mass is 412 g/mol. The molecule has 0 bridgehead atoms. The zero-order valence-corrected chi connectivity index (χ0v) is 17.1. The number of benzene rings is 1. The molecule has 8 heteroatoms. The molecule has 1 aromatic heterocycles. The number of aromatic amines is 1. The smallest absolute Gasteiger partial charge is 0.407 e. The topological polar surface area (TPSA) is 105 Å². The van der Waals surface area contributed by atoms with Crippen LogP contribution in [-0.4, -0.2) is 47.6 Å². The summed E-state index contributed by atoms with van der Waals surface area (Å²) in [6.45, 7) is 3.24. The lowest BCUT2D eigenvalue weighted by atomic mass is 9.80. The zero-order valence-electron chi connectivity index (χ0n) is 17.1. The molecule has 2 heterocycles. The van der Waals surface area contributed by atoms with Crippen molar-refractivity contribution in [3.05, 3.63) is 47.7 Å². The van der Waals surface area contributed by atoms with Crippen LogP contribution in [0.4, 0.5) is 10.6 Å². The predicted molar refractivity (Wildman–Crippen MR) is 111 cm³/mol. The second-order valence-corrected chi connectivity index (χ2v) is 8.09. The molecule has 0 spiro atoms. The Hall–Kier alpha value is -2.87. The summed E-state index contributed by atoms with van der Waals surface area (Å²) in [7, 11) is 0. The zero-order chi connectivity index (χ0) is 20.9. The first-order chi connectivity index (χ1) is 14.6. The molecule has 30 heavy (non-hydrogen) atoms. The summed E-state index contributed by atoms with van der Waals surface area (Å²) in [5.74, 6) is 0.873. The van der Waals surface area contributed by atoms with Crippen molar-refractivity contribution in [1.29, 1.82) is 0 Å². The van der Waals surface area contributed by atoms with Crippen LogP contribution in [0.1, 0.15) is 55.7 Å². The number of nitrogens with zero attached hydrogens (tertiary/aromatic N) is 1. The van der Waals surface area contributed by atoms with E-state index in [0.29, 0.717) is 19.0 Å². The molecular weight excluding hydrogens is 384 g/mol. The minimum absolute atomic E-state index is 0.108. The highest BCUT2D eigenvalue weighted by molar-refractivity contribution is 5.93. The quantitative estimate of drug-likeness (QED) is 0.647. The Labute approximate surface area is 175 Å². The maximum absolute atomic E-state index is 12.1. The third-order valence-electron chi connectivity index (χ3n) is 5.79. The number of H-pyrrole nitrogens is 1. The largest absolute Gasteiger partial charge is 0.446 e. The van der Waals surface area contributed by atoms with Crippen LogP contribution in [0.25, 0.3) is 0 Å². The predicted octanol–water partition coefficient (Wildman–Crippen LogP) is 3.30. The van der Waals surface area contributed by atoms with Gasteiger partial charge in [0.1, 0.15) is 18.0 Å². The molecular formula is C22H28N4O4. The molecule has 160 valence electrons. The summed E-state index contributed by atoms with van der Waals surface area (Å²) >= 11 is 0. The van der Waals surface area contributed by atoms with Crippen LogP contribution in [0.3, 0.4) is 0 Å². The number of nitrogens with one attached hydrogen (secondary N) is 3. The fourth-order valence-corrected chi connectivity index (χ4v) is 3.84. The molecule has 8 nitrogen and oxygen atoms in total. The van der Waals surface area contributed by atoms with Gasteiger partial charge < -0.3 is 20.1 Å². The van der Waals surface area contributed by atoms with E-state index in [4.69, 9.17) is 9.47 Å². The Balaban J connectivity index is 1.16. The number of carbonyl (C=O) groups is 2. The molecule has 1 aliphatic heterocycles. The summed E-state index contributed by atoms with van der Waals surface area (Å²) in [5.41, 5.74) is 2.05. The molecule has 2 aromatic rings. The highest BCUT2D eigenvalue weighted by Gasteiger charge is 2.35. The Bertz CT molecular complexity index is 857. The molecule has 3 N–H and O–H groups in total. The number of rotatable bonds is 7. The van der Waals surface area contributed by atoms with E-state index in [-0.39, 0.29) is 36.0 Å². The van der Waals surface area contributed by atoms with Crippen molar-refractivity contribution in [3.63, 3.8) is 0 Å². The Morgan fingerprint density at radius 1 is 1.30 bits per heavy atom. The van der Waals surface area contributed by atoms with Gasteiger partial charge >= 0.3 is 6.09 Å². The Kier molecular flexibility index (Phi) is 6.32. The van der Waals surface area contributed by atoms with Crippen LogP contribution in [0, 0.1) is 0 Å². The third-order valence-corrected chi connectivity index (χ3v) is 5.79. The van der Waals surface area contributed by atoms with Gasteiger partial charge in [-0.3, -0.25) is 9.89 Å². The maximum atomic E-state index is 12.1. The number of amides is 2. The summed E-state index contributed by atoms with van der Waals surface area (Å²) in [6, 6.07) is 11.9. The average Bonchev–Trinajstić information content (AvgIpc) is 3.41. The number of hydrogen-bond donors (Lipinski definition) is 3. The van der Waals surface area contributed by atoms with Crippen LogP contribution in [0.5, 0.6) is 0 Å². The lowest BCUT2D eigenvalue weighted by molar-refractivity contribution is -0.124. The lowest BCUT2D eigenvalue weighted by Gasteiger charge is -2.33. The summed E-state index contributed by atoms with van der Waals surface area (Å²) < 4.78 is 10.9. The van der Waals surface area contributed by atoms with Gasteiger partial charge in [0, 0.05) is 25.1 Å². The van der Waals surface area contributed by atoms with Crippen molar-refractivity contribution in [3.8, 4) is 0 Å². The highest BCUT2D eigenvalue weighted by atomic mass is 16.6. The van der Waals surface area contributed by atoms with Gasteiger partial charge in [-0.05, 0) is 37.2 Å². The van der Waals surface area contributed by atoms with E-state index in [2.05, 4.69) is 39.9 Å². The molecule has 0 radical (unpaired) electrons. The van der Waals surface area contributed by atoms with Crippen molar-refractivity contribution >= 4 is 17.8 Å². The second-order valence-electron chi connectivity index (χ2n) is 8.09. The van der Waals surface area contributed by atoms with Crippen molar-refractivity contribution < 1.29 is 19.1 Å². The average molecular weight is 412 g/mol. The summed E-state index contributed by atoms with van der Waals surface area (Å²) in [5, 5.41) is 12.8. The van der Waals surface area contributed by atoms with Crippen LogP contribution >= 0.6 is 0 Å². The fraction of sp³-hybridized carbons (Fsp3) is 0.500. The minimum atomic E-state index is -0.382. The van der Waals surface area contributed by atoms with Gasteiger partial charge in [0.2, 0.25) is 0 Å². The number of hydrogen-bond acceptors (Lipinski definition) is 5.